The molecule has 0 saturated carbocycles. The lowest BCUT2D eigenvalue weighted by atomic mass is 9.76. The summed E-state index contributed by atoms with van der Waals surface area (Å²) < 4.78 is 11.3. The molecular weight excluding hydrogens is 346 g/mol. The van der Waals surface area contributed by atoms with E-state index in [1.54, 1.807) is 11.9 Å². The Morgan fingerprint density at radius 3 is 2.81 bits per heavy atom. The number of carbonyl (C=O) groups excluding carboxylic acids is 2. The molecule has 2 bridgehead atoms. The Kier molecular flexibility index (Phi) is 4.00. The normalized spacial score (nSPS) is 31.7. The van der Waals surface area contributed by atoms with Crippen LogP contribution in [0.25, 0.3) is 0 Å². The van der Waals surface area contributed by atoms with Crippen LogP contribution in [-0.2, 0) is 20.9 Å². The van der Waals surface area contributed by atoms with Crippen LogP contribution in [0.3, 0.4) is 0 Å². The smallest absolute Gasteiger partial charge is 0.230 e. The number of ether oxygens (including phenoxy) is 1. The number of hydrogen-bond donors (Lipinski definition) is 0. The average molecular weight is 373 g/mol. The van der Waals surface area contributed by atoms with Crippen molar-refractivity contribution in [3.8, 4) is 0 Å². The Morgan fingerprint density at radius 2 is 2.19 bits per heavy atom. The van der Waals surface area contributed by atoms with Crippen molar-refractivity contribution < 1.29 is 18.8 Å². The third-order valence-corrected chi connectivity index (χ3v) is 5.58. The Balaban J connectivity index is 1.54. The molecule has 3 aliphatic rings. The van der Waals surface area contributed by atoms with E-state index in [1.807, 2.05) is 30.0 Å². The zero-order valence-electron chi connectivity index (χ0n) is 16.6. The van der Waals surface area contributed by atoms with Crippen molar-refractivity contribution in [3.05, 3.63) is 29.7 Å². The molecule has 2 fully saturated rings. The van der Waals surface area contributed by atoms with E-state index in [0.29, 0.717) is 31.1 Å². The first-order valence-electron chi connectivity index (χ1n) is 9.43. The first-order chi connectivity index (χ1) is 12.6. The SMILES string of the molecule is Cc1cc(CN(C)C(=O)C2C3C(=O)N(CC(C)(C)C)C[C@@]34C=C[C@@H]2O4)no1. The minimum Gasteiger partial charge on any atom is -0.361 e. The highest BCUT2D eigenvalue weighted by atomic mass is 16.5. The summed E-state index contributed by atoms with van der Waals surface area (Å²) in [4.78, 5) is 29.8. The van der Waals surface area contributed by atoms with Gasteiger partial charge in [0.15, 0.2) is 0 Å². The number of rotatable bonds is 4. The van der Waals surface area contributed by atoms with Crippen LogP contribution >= 0.6 is 0 Å². The first kappa shape index (κ1) is 18.2. The van der Waals surface area contributed by atoms with Crippen molar-refractivity contribution >= 4 is 11.8 Å². The van der Waals surface area contributed by atoms with E-state index in [0.717, 1.165) is 0 Å². The van der Waals surface area contributed by atoms with Gasteiger partial charge in [0.25, 0.3) is 0 Å². The molecule has 0 aliphatic carbocycles. The second kappa shape index (κ2) is 5.92. The van der Waals surface area contributed by atoms with Crippen LogP contribution < -0.4 is 0 Å². The van der Waals surface area contributed by atoms with Crippen molar-refractivity contribution in [2.24, 2.45) is 17.3 Å². The molecule has 4 rings (SSSR count). The lowest BCUT2D eigenvalue weighted by Crippen LogP contribution is -2.45. The Morgan fingerprint density at radius 1 is 1.44 bits per heavy atom. The second-order valence-electron chi connectivity index (χ2n) is 9.28. The third kappa shape index (κ3) is 2.98. The number of aryl methyl sites for hydroxylation is 1. The van der Waals surface area contributed by atoms with Gasteiger partial charge in [0.1, 0.15) is 17.1 Å². The maximum atomic E-state index is 13.2. The predicted molar refractivity (Wildman–Crippen MR) is 97.5 cm³/mol. The third-order valence-electron chi connectivity index (χ3n) is 5.58. The largest absolute Gasteiger partial charge is 0.361 e. The van der Waals surface area contributed by atoms with Crippen LogP contribution in [0.15, 0.2) is 22.7 Å². The number of aromatic nitrogens is 1. The van der Waals surface area contributed by atoms with Gasteiger partial charge in [-0.3, -0.25) is 9.59 Å². The van der Waals surface area contributed by atoms with E-state index in [9.17, 15) is 9.59 Å². The molecular formula is C20H27N3O4. The summed E-state index contributed by atoms with van der Waals surface area (Å²) in [5.41, 5.74) is 0.0386. The van der Waals surface area contributed by atoms with E-state index in [2.05, 4.69) is 25.9 Å². The molecule has 0 aromatic carbocycles. The lowest BCUT2D eigenvalue weighted by Gasteiger charge is -2.29. The molecule has 2 unspecified atom stereocenters. The standard InChI is InChI=1S/C20H27N3O4/c1-12-8-13(21-27-12)9-22(5)17(24)15-14-6-7-20(26-14)11-23(10-19(2,3)4)18(25)16(15)20/h6-8,14-16H,9-11H2,1-5H3/t14-,15?,16?,20-/m0/s1. The van der Waals surface area contributed by atoms with Crippen molar-refractivity contribution in [3.63, 3.8) is 0 Å². The van der Waals surface area contributed by atoms with Gasteiger partial charge in [-0.2, -0.15) is 0 Å². The van der Waals surface area contributed by atoms with Crippen LogP contribution in [0.2, 0.25) is 0 Å². The molecule has 3 aliphatic heterocycles. The molecule has 2 saturated heterocycles. The van der Waals surface area contributed by atoms with Crippen molar-refractivity contribution in [1.29, 1.82) is 0 Å². The lowest BCUT2D eigenvalue weighted by molar-refractivity contribution is -0.143. The van der Waals surface area contributed by atoms with Gasteiger partial charge in [0.2, 0.25) is 11.8 Å². The van der Waals surface area contributed by atoms with Crippen LogP contribution in [0, 0.1) is 24.2 Å². The molecule has 7 nitrogen and oxygen atoms in total. The number of fused-ring (bicyclic) bond motifs is 1. The zero-order valence-corrected chi connectivity index (χ0v) is 16.6. The molecule has 0 radical (unpaired) electrons. The highest BCUT2D eigenvalue weighted by Gasteiger charge is 2.67. The predicted octanol–water partition coefficient (Wildman–Crippen LogP) is 1.77. The van der Waals surface area contributed by atoms with E-state index in [4.69, 9.17) is 9.26 Å². The second-order valence-corrected chi connectivity index (χ2v) is 9.28. The summed E-state index contributed by atoms with van der Waals surface area (Å²) in [6.45, 7) is 9.67. The van der Waals surface area contributed by atoms with Gasteiger partial charge in [-0.25, -0.2) is 0 Å². The molecule has 4 heterocycles. The summed E-state index contributed by atoms with van der Waals surface area (Å²) in [6, 6.07) is 1.81. The zero-order chi connectivity index (χ0) is 19.6. The van der Waals surface area contributed by atoms with Crippen LogP contribution in [0.4, 0.5) is 0 Å². The topological polar surface area (TPSA) is 75.9 Å². The summed E-state index contributed by atoms with van der Waals surface area (Å²) in [5, 5.41) is 3.96. The number of carbonyl (C=O) groups is 2. The minimum atomic E-state index is -0.654. The van der Waals surface area contributed by atoms with E-state index in [-0.39, 0.29) is 23.3 Å². The van der Waals surface area contributed by atoms with Gasteiger partial charge in [-0.1, -0.05) is 38.1 Å². The monoisotopic (exact) mass is 373 g/mol. The summed E-state index contributed by atoms with van der Waals surface area (Å²) in [5.74, 6) is -0.266. The fourth-order valence-electron chi connectivity index (χ4n) is 4.63. The molecule has 146 valence electrons. The molecule has 4 atom stereocenters. The highest BCUT2D eigenvalue weighted by Crippen LogP contribution is 2.52. The fraction of sp³-hybridized carbons (Fsp3) is 0.650. The van der Waals surface area contributed by atoms with Crippen LogP contribution in [-0.4, -0.2) is 58.6 Å². The Labute approximate surface area is 159 Å². The highest BCUT2D eigenvalue weighted by molar-refractivity contribution is 5.93. The van der Waals surface area contributed by atoms with Crippen molar-refractivity contribution in [2.45, 2.75) is 45.9 Å². The van der Waals surface area contributed by atoms with Gasteiger partial charge in [-0.15, -0.1) is 0 Å². The maximum absolute atomic E-state index is 13.2. The minimum absolute atomic E-state index is 0.00618. The van der Waals surface area contributed by atoms with E-state index < -0.39 is 17.4 Å². The Hall–Kier alpha value is -2.15. The molecule has 7 heteroatoms. The Bertz CT molecular complexity index is 808. The fourth-order valence-corrected chi connectivity index (χ4v) is 4.63. The van der Waals surface area contributed by atoms with Crippen LogP contribution in [0.1, 0.15) is 32.2 Å². The summed E-state index contributed by atoms with van der Waals surface area (Å²) in [7, 11) is 1.74. The van der Waals surface area contributed by atoms with Crippen LogP contribution in [0.5, 0.6) is 0 Å². The van der Waals surface area contributed by atoms with E-state index >= 15 is 0 Å². The molecule has 1 spiro atoms. The van der Waals surface area contributed by atoms with Crippen molar-refractivity contribution in [2.75, 3.05) is 20.1 Å². The molecule has 27 heavy (non-hydrogen) atoms. The number of likely N-dealkylation sites (tertiary alicyclic amines) is 1. The molecule has 1 aromatic heterocycles. The van der Waals surface area contributed by atoms with Gasteiger partial charge in [0, 0.05) is 19.7 Å². The summed E-state index contributed by atoms with van der Waals surface area (Å²) in [6.07, 6.45) is 3.61. The van der Waals surface area contributed by atoms with Crippen molar-refractivity contribution in [1.82, 2.24) is 15.0 Å². The quantitative estimate of drug-likeness (QED) is 0.752. The van der Waals surface area contributed by atoms with Gasteiger partial charge in [-0.05, 0) is 12.3 Å². The number of nitrogens with zero attached hydrogens (tertiary/aromatic N) is 3. The van der Waals surface area contributed by atoms with Gasteiger partial charge in [0.05, 0.1) is 31.0 Å². The molecule has 1 aromatic rings. The number of hydrogen-bond acceptors (Lipinski definition) is 5. The number of amides is 2. The van der Waals surface area contributed by atoms with E-state index in [1.165, 1.54) is 0 Å². The summed E-state index contributed by atoms with van der Waals surface area (Å²) >= 11 is 0. The van der Waals surface area contributed by atoms with Gasteiger partial charge < -0.3 is 19.1 Å². The average Bonchev–Trinajstić information content (AvgIpc) is 3.28. The first-order valence-corrected chi connectivity index (χ1v) is 9.43. The molecule has 2 amide bonds. The van der Waals surface area contributed by atoms with Gasteiger partial charge >= 0.3 is 0 Å². The molecule has 0 N–H and O–H groups in total. The maximum Gasteiger partial charge on any atom is 0.230 e.